The lowest BCUT2D eigenvalue weighted by molar-refractivity contribution is 0.624. The van der Waals surface area contributed by atoms with Crippen LogP contribution in [0.25, 0.3) is 0 Å². The van der Waals surface area contributed by atoms with Crippen molar-refractivity contribution in [3.8, 4) is 0 Å². The van der Waals surface area contributed by atoms with Crippen molar-refractivity contribution in [2.75, 3.05) is 0 Å². The van der Waals surface area contributed by atoms with Crippen molar-refractivity contribution in [3.05, 3.63) is 40.6 Å². The van der Waals surface area contributed by atoms with Crippen LogP contribution in [0.3, 0.4) is 0 Å². The summed E-state index contributed by atoms with van der Waals surface area (Å²) in [7, 11) is 0. The molecule has 0 amide bonds. The highest BCUT2D eigenvalue weighted by Crippen LogP contribution is 2.35. The van der Waals surface area contributed by atoms with E-state index in [1.54, 1.807) is 11.3 Å². The van der Waals surface area contributed by atoms with Gasteiger partial charge in [-0.25, -0.2) is 4.98 Å². The molecule has 0 radical (unpaired) electrons. The normalized spacial score (nSPS) is 15.5. The smallest absolute Gasteiger partial charge is 0.0951 e. The molecule has 16 heavy (non-hydrogen) atoms. The minimum absolute atomic E-state index is 0.723. The molecule has 2 heterocycles. The van der Waals surface area contributed by atoms with Crippen LogP contribution in [0.15, 0.2) is 30.0 Å². The summed E-state index contributed by atoms with van der Waals surface area (Å²) in [5.74, 6) is 0. The number of imidazole rings is 1. The second-order valence-electron chi connectivity index (χ2n) is 4.21. The largest absolute Gasteiger partial charge is 0.330 e. The molecule has 0 unspecified atom stereocenters. The predicted molar refractivity (Wildman–Crippen MR) is 65.4 cm³/mol. The van der Waals surface area contributed by atoms with Crippen LogP contribution < -0.4 is 5.32 Å². The van der Waals surface area contributed by atoms with E-state index in [1.165, 1.54) is 23.4 Å². The molecule has 84 valence electrons. The summed E-state index contributed by atoms with van der Waals surface area (Å²) in [5.41, 5.74) is 1.30. The topological polar surface area (TPSA) is 29.9 Å². The summed E-state index contributed by atoms with van der Waals surface area (Å²) in [6, 6.07) is 4.98. The van der Waals surface area contributed by atoms with Gasteiger partial charge in [0.2, 0.25) is 0 Å². The van der Waals surface area contributed by atoms with E-state index in [0.717, 1.165) is 19.1 Å². The maximum Gasteiger partial charge on any atom is 0.0951 e. The lowest BCUT2D eigenvalue weighted by atomic mass is 10.4. The minimum atomic E-state index is 0.723. The number of aromatic nitrogens is 2. The average molecular weight is 233 g/mol. The maximum absolute atomic E-state index is 4.22. The molecule has 0 aliphatic heterocycles. The molecule has 0 spiro atoms. The van der Waals surface area contributed by atoms with Crippen molar-refractivity contribution in [1.82, 2.24) is 14.9 Å². The molecule has 3 rings (SSSR count). The zero-order valence-electron chi connectivity index (χ0n) is 9.10. The van der Waals surface area contributed by atoms with Crippen LogP contribution in [0.2, 0.25) is 0 Å². The van der Waals surface area contributed by atoms with E-state index in [2.05, 4.69) is 32.4 Å². The van der Waals surface area contributed by atoms with Gasteiger partial charge in [0.25, 0.3) is 0 Å². The summed E-state index contributed by atoms with van der Waals surface area (Å²) < 4.78 is 2.31. The fraction of sp³-hybridized carbons (Fsp3) is 0.417. The molecule has 1 N–H and O–H groups in total. The van der Waals surface area contributed by atoms with E-state index < -0.39 is 0 Å². The Balaban J connectivity index is 1.56. The standard InChI is InChI=1S/C12H15N3S/c1-2-12(16-5-1)8-13-6-11-7-14-9-15(11)10-3-4-10/h1-2,5,7,9-10,13H,3-4,6,8H2. The fourth-order valence-electron chi connectivity index (χ4n) is 1.88. The van der Waals surface area contributed by atoms with Gasteiger partial charge in [-0.15, -0.1) is 11.3 Å². The van der Waals surface area contributed by atoms with E-state index in [9.17, 15) is 0 Å². The second kappa shape index (κ2) is 4.39. The van der Waals surface area contributed by atoms with Crippen LogP contribution in [-0.4, -0.2) is 9.55 Å². The Morgan fingerprint density at radius 1 is 1.44 bits per heavy atom. The van der Waals surface area contributed by atoms with E-state index in [1.807, 2.05) is 12.5 Å². The molecule has 4 heteroatoms. The van der Waals surface area contributed by atoms with Gasteiger partial charge in [0.15, 0.2) is 0 Å². The summed E-state index contributed by atoms with van der Waals surface area (Å²) in [6.07, 6.45) is 6.56. The summed E-state index contributed by atoms with van der Waals surface area (Å²) in [4.78, 5) is 5.61. The molecule has 1 aliphatic rings. The molecule has 0 saturated heterocycles. The first-order valence-corrected chi connectivity index (χ1v) is 6.55. The lowest BCUT2D eigenvalue weighted by Crippen LogP contribution is -2.14. The Labute approximate surface area is 99.1 Å². The predicted octanol–water partition coefficient (Wildman–Crippen LogP) is 2.57. The summed E-state index contributed by atoms with van der Waals surface area (Å²) in [6.45, 7) is 1.86. The zero-order chi connectivity index (χ0) is 10.8. The van der Waals surface area contributed by atoms with E-state index in [4.69, 9.17) is 0 Å². The van der Waals surface area contributed by atoms with Crippen molar-refractivity contribution in [3.63, 3.8) is 0 Å². The molecule has 0 aromatic carbocycles. The van der Waals surface area contributed by atoms with Crippen LogP contribution in [0, 0.1) is 0 Å². The van der Waals surface area contributed by atoms with Crippen LogP contribution in [0.1, 0.15) is 29.5 Å². The molecule has 2 aromatic heterocycles. The van der Waals surface area contributed by atoms with Crippen molar-refractivity contribution < 1.29 is 0 Å². The van der Waals surface area contributed by atoms with Crippen LogP contribution in [-0.2, 0) is 13.1 Å². The van der Waals surface area contributed by atoms with E-state index >= 15 is 0 Å². The summed E-state index contributed by atoms with van der Waals surface area (Å²) >= 11 is 1.80. The third kappa shape index (κ3) is 2.18. The van der Waals surface area contributed by atoms with E-state index in [-0.39, 0.29) is 0 Å². The third-order valence-corrected chi connectivity index (χ3v) is 3.75. The lowest BCUT2D eigenvalue weighted by Gasteiger charge is -2.07. The monoisotopic (exact) mass is 233 g/mol. The van der Waals surface area contributed by atoms with Gasteiger partial charge in [-0.3, -0.25) is 0 Å². The third-order valence-electron chi connectivity index (χ3n) is 2.87. The Hall–Kier alpha value is -1.13. The molecule has 2 aromatic rings. The molecular weight excluding hydrogens is 218 g/mol. The molecule has 0 bridgehead atoms. The Bertz CT molecular complexity index is 443. The van der Waals surface area contributed by atoms with Crippen molar-refractivity contribution >= 4 is 11.3 Å². The van der Waals surface area contributed by atoms with Gasteiger partial charge >= 0.3 is 0 Å². The Morgan fingerprint density at radius 2 is 2.38 bits per heavy atom. The quantitative estimate of drug-likeness (QED) is 0.860. The number of hydrogen-bond acceptors (Lipinski definition) is 3. The van der Waals surface area contributed by atoms with Gasteiger partial charge in [0.05, 0.1) is 12.0 Å². The number of nitrogens with zero attached hydrogens (tertiary/aromatic N) is 2. The number of nitrogens with one attached hydrogen (secondary N) is 1. The Morgan fingerprint density at radius 3 is 3.12 bits per heavy atom. The Kier molecular flexibility index (Phi) is 2.76. The first-order chi connectivity index (χ1) is 7.93. The molecule has 1 aliphatic carbocycles. The van der Waals surface area contributed by atoms with Gasteiger partial charge in [0, 0.05) is 30.2 Å². The highest BCUT2D eigenvalue weighted by molar-refractivity contribution is 7.09. The molecule has 1 fully saturated rings. The molecular formula is C12H15N3S. The zero-order valence-corrected chi connectivity index (χ0v) is 9.91. The second-order valence-corrected chi connectivity index (χ2v) is 5.24. The number of hydrogen-bond donors (Lipinski definition) is 1. The van der Waals surface area contributed by atoms with E-state index in [0.29, 0.717) is 0 Å². The maximum atomic E-state index is 4.22. The van der Waals surface area contributed by atoms with Crippen LogP contribution in [0.4, 0.5) is 0 Å². The van der Waals surface area contributed by atoms with Crippen LogP contribution >= 0.6 is 11.3 Å². The van der Waals surface area contributed by atoms with Gasteiger partial charge in [-0.2, -0.15) is 0 Å². The molecule has 3 nitrogen and oxygen atoms in total. The van der Waals surface area contributed by atoms with Gasteiger partial charge in [-0.05, 0) is 24.3 Å². The van der Waals surface area contributed by atoms with Gasteiger partial charge < -0.3 is 9.88 Å². The first-order valence-electron chi connectivity index (χ1n) is 5.67. The van der Waals surface area contributed by atoms with Crippen LogP contribution in [0.5, 0.6) is 0 Å². The highest BCUT2D eigenvalue weighted by Gasteiger charge is 2.24. The molecule has 0 atom stereocenters. The first kappa shape index (κ1) is 10.1. The average Bonchev–Trinajstić information content (AvgIpc) is 2.82. The van der Waals surface area contributed by atoms with Gasteiger partial charge in [0.1, 0.15) is 0 Å². The van der Waals surface area contributed by atoms with Crippen molar-refractivity contribution in [2.24, 2.45) is 0 Å². The fourth-order valence-corrected chi connectivity index (χ4v) is 2.55. The van der Waals surface area contributed by atoms with Crippen molar-refractivity contribution in [2.45, 2.75) is 32.0 Å². The van der Waals surface area contributed by atoms with Crippen molar-refractivity contribution in [1.29, 1.82) is 0 Å². The highest BCUT2D eigenvalue weighted by atomic mass is 32.1. The number of rotatable bonds is 5. The summed E-state index contributed by atoms with van der Waals surface area (Å²) in [5, 5.41) is 5.58. The van der Waals surface area contributed by atoms with Gasteiger partial charge in [-0.1, -0.05) is 6.07 Å². The number of thiophene rings is 1. The minimum Gasteiger partial charge on any atom is -0.330 e. The molecule has 1 saturated carbocycles. The SMILES string of the molecule is c1csc(CNCc2cncn2C2CC2)c1.